The molecule has 2 aliphatic carbocycles. The molecule has 0 atom stereocenters. The summed E-state index contributed by atoms with van der Waals surface area (Å²) in [6, 6.07) is 0. The summed E-state index contributed by atoms with van der Waals surface area (Å²) < 4.78 is 0. The first kappa shape index (κ1) is 8.95. The molecule has 3 rings (SSSR count). The molecule has 15 heavy (non-hydrogen) atoms. The Balaban J connectivity index is 2.01. The zero-order valence-corrected chi connectivity index (χ0v) is 8.49. The maximum atomic E-state index is 11.2. The van der Waals surface area contributed by atoms with E-state index in [2.05, 4.69) is 10.2 Å². The summed E-state index contributed by atoms with van der Waals surface area (Å²) >= 11 is 0. The van der Waals surface area contributed by atoms with Crippen LogP contribution in [0.1, 0.15) is 65.7 Å². The van der Waals surface area contributed by atoms with Crippen molar-refractivity contribution < 1.29 is 9.90 Å². The van der Waals surface area contributed by atoms with E-state index < -0.39 is 5.97 Å². The number of hydrogen-bond donors (Lipinski definition) is 2. The third-order valence-electron chi connectivity index (χ3n) is 3.51. The third-order valence-corrected chi connectivity index (χ3v) is 3.51. The molecule has 0 saturated heterocycles. The lowest BCUT2D eigenvalue weighted by Gasteiger charge is -2.23. The highest BCUT2D eigenvalue weighted by Gasteiger charge is 2.35. The van der Waals surface area contributed by atoms with E-state index in [1.807, 2.05) is 0 Å². The van der Waals surface area contributed by atoms with Crippen LogP contribution in [0.3, 0.4) is 0 Å². The highest BCUT2D eigenvalue weighted by Crippen LogP contribution is 2.44. The lowest BCUT2D eigenvalue weighted by atomic mass is 9.81. The fraction of sp³-hybridized carbons (Fsp3) is 0.636. The molecule has 4 nitrogen and oxygen atoms in total. The van der Waals surface area contributed by atoms with Gasteiger partial charge in [-0.05, 0) is 25.7 Å². The molecule has 0 aliphatic heterocycles. The molecule has 0 amide bonds. The van der Waals surface area contributed by atoms with Gasteiger partial charge in [0.2, 0.25) is 0 Å². The van der Waals surface area contributed by atoms with Gasteiger partial charge in [0.05, 0.1) is 11.4 Å². The molecular weight excluding hydrogens is 192 g/mol. The number of aromatic carboxylic acids is 1. The summed E-state index contributed by atoms with van der Waals surface area (Å²) in [6.45, 7) is 0. The third kappa shape index (κ3) is 1.35. The molecule has 1 aromatic rings. The number of nitrogens with one attached hydrogen (secondary N) is 1. The average Bonchev–Trinajstić information content (AvgIpc) is 2.85. The summed E-state index contributed by atoms with van der Waals surface area (Å²) in [5, 5.41) is 16.4. The van der Waals surface area contributed by atoms with Crippen molar-refractivity contribution in [3.05, 3.63) is 17.0 Å². The van der Waals surface area contributed by atoms with E-state index >= 15 is 0 Å². The van der Waals surface area contributed by atoms with E-state index in [9.17, 15) is 9.90 Å². The van der Waals surface area contributed by atoms with Crippen molar-refractivity contribution in [2.24, 2.45) is 0 Å². The number of carbonyl (C=O) groups is 1. The maximum Gasteiger partial charge on any atom is 0.339 e. The lowest BCUT2D eigenvalue weighted by Crippen LogP contribution is -2.13. The number of aromatic nitrogens is 2. The molecule has 4 heteroatoms. The van der Waals surface area contributed by atoms with Crippen LogP contribution in [0.2, 0.25) is 0 Å². The van der Waals surface area contributed by atoms with Crippen molar-refractivity contribution in [2.45, 2.75) is 43.9 Å². The van der Waals surface area contributed by atoms with Crippen LogP contribution in [0.4, 0.5) is 0 Å². The lowest BCUT2D eigenvalue weighted by molar-refractivity contribution is 0.0693. The molecule has 0 aromatic carbocycles. The highest BCUT2D eigenvalue weighted by molar-refractivity contribution is 5.91. The summed E-state index contributed by atoms with van der Waals surface area (Å²) in [6.07, 6.45) is 5.60. The number of aromatic amines is 1. The van der Waals surface area contributed by atoms with Gasteiger partial charge in [-0.1, -0.05) is 6.42 Å². The zero-order chi connectivity index (χ0) is 10.4. The van der Waals surface area contributed by atoms with Crippen LogP contribution < -0.4 is 0 Å². The minimum absolute atomic E-state index is 0.389. The number of rotatable bonds is 3. The SMILES string of the molecule is O=C(O)c1c(C2CCC2)n[nH]c1C1CC1. The van der Waals surface area contributed by atoms with Gasteiger partial charge in [-0.15, -0.1) is 0 Å². The van der Waals surface area contributed by atoms with Crippen molar-refractivity contribution in [2.75, 3.05) is 0 Å². The average molecular weight is 206 g/mol. The molecule has 1 heterocycles. The smallest absolute Gasteiger partial charge is 0.339 e. The van der Waals surface area contributed by atoms with Gasteiger partial charge in [0.1, 0.15) is 5.56 Å². The van der Waals surface area contributed by atoms with E-state index in [1.165, 1.54) is 6.42 Å². The van der Waals surface area contributed by atoms with Crippen LogP contribution in [0.15, 0.2) is 0 Å². The van der Waals surface area contributed by atoms with Gasteiger partial charge in [0.15, 0.2) is 0 Å². The van der Waals surface area contributed by atoms with Crippen LogP contribution in [0, 0.1) is 0 Å². The largest absolute Gasteiger partial charge is 0.478 e. The van der Waals surface area contributed by atoms with Gasteiger partial charge < -0.3 is 5.11 Å². The van der Waals surface area contributed by atoms with E-state index in [-0.39, 0.29) is 0 Å². The second-order valence-electron chi connectivity index (χ2n) is 4.60. The minimum Gasteiger partial charge on any atom is -0.478 e. The Morgan fingerprint density at radius 3 is 2.47 bits per heavy atom. The monoisotopic (exact) mass is 206 g/mol. The molecule has 2 N–H and O–H groups in total. The molecule has 0 bridgehead atoms. The van der Waals surface area contributed by atoms with Gasteiger partial charge in [-0.2, -0.15) is 5.10 Å². The second kappa shape index (κ2) is 3.08. The molecule has 0 unspecified atom stereocenters. The van der Waals surface area contributed by atoms with Crippen LogP contribution in [0.25, 0.3) is 0 Å². The quantitative estimate of drug-likeness (QED) is 0.797. The van der Waals surface area contributed by atoms with E-state index in [4.69, 9.17) is 0 Å². The molecule has 0 radical (unpaired) electrons. The fourth-order valence-corrected chi connectivity index (χ4v) is 2.24. The van der Waals surface area contributed by atoms with Gasteiger partial charge in [0, 0.05) is 11.8 Å². The van der Waals surface area contributed by atoms with E-state index in [0.29, 0.717) is 17.4 Å². The molecule has 0 spiro atoms. The maximum absolute atomic E-state index is 11.2. The molecule has 80 valence electrons. The Hall–Kier alpha value is -1.32. The van der Waals surface area contributed by atoms with Gasteiger partial charge >= 0.3 is 5.97 Å². The van der Waals surface area contributed by atoms with Crippen molar-refractivity contribution in [3.8, 4) is 0 Å². The minimum atomic E-state index is -0.812. The van der Waals surface area contributed by atoms with Crippen LogP contribution in [-0.2, 0) is 0 Å². The number of carboxylic acid groups (broad SMARTS) is 1. The topological polar surface area (TPSA) is 66.0 Å². The Labute approximate surface area is 87.7 Å². The Kier molecular flexibility index (Phi) is 1.84. The van der Waals surface area contributed by atoms with Gasteiger partial charge in [0.25, 0.3) is 0 Å². The summed E-state index contributed by atoms with van der Waals surface area (Å²) in [5.41, 5.74) is 2.14. The molecule has 2 saturated carbocycles. The van der Waals surface area contributed by atoms with Crippen molar-refractivity contribution in [1.82, 2.24) is 10.2 Å². The standard InChI is InChI=1S/C11H14N2O2/c14-11(15)8-9(6-2-1-3-6)12-13-10(8)7-4-5-7/h6-7H,1-5H2,(H,12,13)(H,14,15). The Bertz CT molecular complexity index is 403. The molecular formula is C11H14N2O2. The first-order valence-electron chi connectivity index (χ1n) is 5.59. The van der Waals surface area contributed by atoms with Crippen LogP contribution >= 0.6 is 0 Å². The van der Waals surface area contributed by atoms with Crippen molar-refractivity contribution >= 4 is 5.97 Å². The summed E-state index contributed by atoms with van der Waals surface area (Å²) in [4.78, 5) is 11.2. The van der Waals surface area contributed by atoms with Crippen molar-refractivity contribution in [1.29, 1.82) is 0 Å². The number of H-pyrrole nitrogens is 1. The number of carboxylic acids is 1. The van der Waals surface area contributed by atoms with Crippen LogP contribution in [-0.4, -0.2) is 21.3 Å². The van der Waals surface area contributed by atoms with Crippen molar-refractivity contribution in [3.63, 3.8) is 0 Å². The Morgan fingerprint density at radius 1 is 1.27 bits per heavy atom. The van der Waals surface area contributed by atoms with E-state index in [1.54, 1.807) is 0 Å². The molecule has 2 aliphatic rings. The number of nitrogens with zero attached hydrogens (tertiary/aromatic N) is 1. The molecule has 2 fully saturated rings. The fourth-order valence-electron chi connectivity index (χ4n) is 2.24. The second-order valence-corrected chi connectivity index (χ2v) is 4.60. The molecule has 1 aromatic heterocycles. The highest BCUT2D eigenvalue weighted by atomic mass is 16.4. The van der Waals surface area contributed by atoms with Gasteiger partial charge in [-0.25, -0.2) is 4.79 Å². The predicted molar refractivity (Wildman–Crippen MR) is 54.1 cm³/mol. The van der Waals surface area contributed by atoms with E-state index in [0.717, 1.165) is 37.1 Å². The summed E-state index contributed by atoms with van der Waals surface area (Å²) in [7, 11) is 0. The van der Waals surface area contributed by atoms with Gasteiger partial charge in [-0.3, -0.25) is 5.10 Å². The first-order chi connectivity index (χ1) is 7.27. The predicted octanol–water partition coefficient (Wildman–Crippen LogP) is 2.25. The van der Waals surface area contributed by atoms with Crippen LogP contribution in [0.5, 0.6) is 0 Å². The number of hydrogen-bond acceptors (Lipinski definition) is 2. The first-order valence-corrected chi connectivity index (χ1v) is 5.59. The normalized spacial score (nSPS) is 21.3. The summed E-state index contributed by atoms with van der Waals surface area (Å²) in [5.74, 6) is 0.00447. The zero-order valence-electron chi connectivity index (χ0n) is 8.49. The Morgan fingerprint density at radius 2 is 2.00 bits per heavy atom.